The van der Waals surface area contributed by atoms with Crippen molar-refractivity contribution in [3.05, 3.63) is 40.7 Å². The minimum Gasteiger partial charge on any atom is -0.384 e. The quantitative estimate of drug-likeness (QED) is 0.692. The zero-order chi connectivity index (χ0) is 12.8. The van der Waals surface area contributed by atoms with Crippen molar-refractivity contribution in [2.75, 3.05) is 6.61 Å². The Labute approximate surface area is 112 Å². The van der Waals surface area contributed by atoms with E-state index in [0.29, 0.717) is 11.3 Å². The van der Waals surface area contributed by atoms with E-state index in [1.807, 2.05) is 0 Å². The highest BCUT2D eigenvalue weighted by molar-refractivity contribution is 8.00. The van der Waals surface area contributed by atoms with Crippen LogP contribution >= 0.6 is 23.1 Å². The van der Waals surface area contributed by atoms with Crippen LogP contribution in [0, 0.1) is 17.7 Å². The van der Waals surface area contributed by atoms with Gasteiger partial charge in [0, 0.05) is 5.75 Å². The molecule has 0 aliphatic rings. The molecule has 1 heterocycles. The van der Waals surface area contributed by atoms with E-state index >= 15 is 0 Å². The van der Waals surface area contributed by atoms with E-state index in [4.69, 9.17) is 5.11 Å². The summed E-state index contributed by atoms with van der Waals surface area (Å²) in [7, 11) is 0. The predicted octanol–water partition coefficient (Wildman–Crippen LogP) is 2.31. The van der Waals surface area contributed by atoms with Crippen LogP contribution in [-0.2, 0) is 5.75 Å². The topological polar surface area (TPSA) is 46.0 Å². The van der Waals surface area contributed by atoms with Crippen LogP contribution < -0.4 is 0 Å². The molecule has 6 heteroatoms. The molecule has 0 aliphatic carbocycles. The molecule has 18 heavy (non-hydrogen) atoms. The SMILES string of the molecule is OCC#Cc1cc(CSc2nncs2)ccc1F. The van der Waals surface area contributed by atoms with Gasteiger partial charge in [0.05, 0.1) is 5.56 Å². The molecule has 0 spiro atoms. The number of benzene rings is 1. The molecule has 92 valence electrons. The molecule has 0 radical (unpaired) electrons. The van der Waals surface area contributed by atoms with Gasteiger partial charge in [-0.2, -0.15) is 0 Å². The Kier molecular flexibility index (Phi) is 4.70. The minimum absolute atomic E-state index is 0.275. The first kappa shape index (κ1) is 13.0. The van der Waals surface area contributed by atoms with Crippen molar-refractivity contribution in [1.82, 2.24) is 10.2 Å². The molecule has 0 atom stereocenters. The second-order valence-corrected chi connectivity index (χ2v) is 5.32. The Morgan fingerprint density at radius 1 is 1.44 bits per heavy atom. The van der Waals surface area contributed by atoms with Crippen LogP contribution in [0.15, 0.2) is 28.0 Å². The molecule has 2 rings (SSSR count). The van der Waals surface area contributed by atoms with Gasteiger partial charge >= 0.3 is 0 Å². The standard InChI is InChI=1S/C12H9FN2OS2/c13-11-4-3-9(6-10(11)2-1-5-16)7-17-12-15-14-8-18-12/h3-4,6,8,16H,5,7H2. The largest absolute Gasteiger partial charge is 0.384 e. The Hall–Kier alpha value is -1.42. The molecular formula is C12H9FN2OS2. The third-order valence-corrected chi connectivity index (χ3v) is 3.97. The average molecular weight is 280 g/mol. The smallest absolute Gasteiger partial charge is 0.174 e. The van der Waals surface area contributed by atoms with Gasteiger partial charge < -0.3 is 5.11 Å². The van der Waals surface area contributed by atoms with Gasteiger partial charge in [0.2, 0.25) is 0 Å². The van der Waals surface area contributed by atoms with E-state index in [2.05, 4.69) is 22.0 Å². The zero-order valence-corrected chi connectivity index (χ0v) is 10.9. The number of hydrogen-bond donors (Lipinski definition) is 1. The fourth-order valence-electron chi connectivity index (χ4n) is 1.26. The van der Waals surface area contributed by atoms with Gasteiger partial charge in [-0.3, -0.25) is 0 Å². The second kappa shape index (κ2) is 6.50. The van der Waals surface area contributed by atoms with Crippen molar-refractivity contribution in [1.29, 1.82) is 0 Å². The molecule has 1 N–H and O–H groups in total. The summed E-state index contributed by atoms with van der Waals surface area (Å²) in [4.78, 5) is 0. The first-order valence-electron chi connectivity index (χ1n) is 5.06. The molecule has 0 saturated carbocycles. The van der Waals surface area contributed by atoms with Gasteiger partial charge in [0.1, 0.15) is 17.9 Å². The Morgan fingerprint density at radius 2 is 2.33 bits per heavy atom. The number of hydrogen-bond acceptors (Lipinski definition) is 5. The van der Waals surface area contributed by atoms with Crippen molar-refractivity contribution in [3.63, 3.8) is 0 Å². The molecule has 0 amide bonds. The van der Waals surface area contributed by atoms with Gasteiger partial charge in [-0.05, 0) is 17.7 Å². The lowest BCUT2D eigenvalue weighted by atomic mass is 10.1. The first-order valence-corrected chi connectivity index (χ1v) is 6.93. The Bertz CT molecular complexity index is 576. The third-order valence-electron chi connectivity index (χ3n) is 2.04. The molecule has 0 aliphatic heterocycles. The van der Waals surface area contributed by atoms with Gasteiger partial charge in [-0.1, -0.05) is 41.0 Å². The summed E-state index contributed by atoms with van der Waals surface area (Å²) >= 11 is 3.01. The predicted molar refractivity (Wildman–Crippen MR) is 69.8 cm³/mol. The highest BCUT2D eigenvalue weighted by Gasteiger charge is 2.03. The molecular weight excluding hydrogens is 271 g/mol. The molecule has 0 fully saturated rings. The number of aliphatic hydroxyl groups is 1. The number of thioether (sulfide) groups is 1. The van der Waals surface area contributed by atoms with Crippen molar-refractivity contribution < 1.29 is 9.50 Å². The van der Waals surface area contributed by atoms with E-state index < -0.39 is 0 Å². The lowest BCUT2D eigenvalue weighted by Crippen LogP contribution is -1.88. The van der Waals surface area contributed by atoms with Gasteiger partial charge in [0.15, 0.2) is 4.34 Å². The van der Waals surface area contributed by atoms with E-state index in [9.17, 15) is 4.39 Å². The van der Waals surface area contributed by atoms with Crippen molar-refractivity contribution in [2.45, 2.75) is 10.1 Å². The average Bonchev–Trinajstić information content (AvgIpc) is 2.89. The summed E-state index contributed by atoms with van der Waals surface area (Å²) < 4.78 is 14.3. The van der Waals surface area contributed by atoms with Crippen LogP contribution in [0.5, 0.6) is 0 Å². The van der Waals surface area contributed by atoms with E-state index in [1.165, 1.54) is 17.4 Å². The van der Waals surface area contributed by atoms with E-state index in [0.717, 1.165) is 9.90 Å². The highest BCUT2D eigenvalue weighted by atomic mass is 32.2. The molecule has 3 nitrogen and oxygen atoms in total. The van der Waals surface area contributed by atoms with Gasteiger partial charge in [-0.15, -0.1) is 10.2 Å². The summed E-state index contributed by atoms with van der Waals surface area (Å²) in [6.07, 6.45) is 0. The summed E-state index contributed by atoms with van der Waals surface area (Å²) in [6.45, 7) is -0.275. The molecule has 0 saturated heterocycles. The van der Waals surface area contributed by atoms with Gasteiger partial charge in [0.25, 0.3) is 0 Å². The van der Waals surface area contributed by atoms with Crippen LogP contribution in [0.25, 0.3) is 0 Å². The van der Waals surface area contributed by atoms with Crippen molar-refractivity contribution in [3.8, 4) is 11.8 Å². The summed E-state index contributed by atoms with van der Waals surface area (Å²) in [5.74, 6) is 5.34. The molecule has 2 aromatic rings. The zero-order valence-electron chi connectivity index (χ0n) is 9.26. The van der Waals surface area contributed by atoms with Crippen LogP contribution in [0.4, 0.5) is 4.39 Å². The van der Waals surface area contributed by atoms with Crippen molar-refractivity contribution >= 4 is 23.1 Å². The number of halogens is 1. The second-order valence-electron chi connectivity index (χ2n) is 3.27. The van der Waals surface area contributed by atoms with Crippen LogP contribution in [0.3, 0.4) is 0 Å². The molecule has 0 unspecified atom stereocenters. The normalized spacial score (nSPS) is 9.89. The molecule has 1 aromatic carbocycles. The van der Waals surface area contributed by atoms with Crippen molar-refractivity contribution in [2.24, 2.45) is 0 Å². The maximum absolute atomic E-state index is 13.4. The van der Waals surface area contributed by atoms with Gasteiger partial charge in [-0.25, -0.2) is 4.39 Å². The third kappa shape index (κ3) is 3.53. The summed E-state index contributed by atoms with van der Waals surface area (Å²) in [5, 5.41) is 16.3. The maximum Gasteiger partial charge on any atom is 0.174 e. The highest BCUT2D eigenvalue weighted by Crippen LogP contribution is 2.24. The first-order chi connectivity index (χ1) is 8.79. The van der Waals surface area contributed by atoms with Crippen LogP contribution in [-0.4, -0.2) is 21.9 Å². The summed E-state index contributed by atoms with van der Waals surface area (Å²) in [5.41, 5.74) is 2.93. The number of aliphatic hydroxyl groups excluding tert-OH is 1. The van der Waals surface area contributed by atoms with Crippen LogP contribution in [0.2, 0.25) is 0 Å². The van der Waals surface area contributed by atoms with E-state index in [1.54, 1.807) is 29.4 Å². The monoisotopic (exact) mass is 280 g/mol. The lowest BCUT2D eigenvalue weighted by molar-refractivity contribution is 0.350. The molecule has 1 aromatic heterocycles. The minimum atomic E-state index is -0.374. The van der Waals surface area contributed by atoms with E-state index in [-0.39, 0.29) is 12.4 Å². The Morgan fingerprint density at radius 3 is 3.06 bits per heavy atom. The fourth-order valence-corrected chi connectivity index (χ4v) is 2.70. The maximum atomic E-state index is 13.4. The number of nitrogens with zero attached hydrogens (tertiary/aromatic N) is 2. The molecule has 0 bridgehead atoms. The number of rotatable bonds is 3. The Balaban J connectivity index is 2.09. The number of aromatic nitrogens is 2. The lowest BCUT2D eigenvalue weighted by Gasteiger charge is -2.01. The summed E-state index contributed by atoms with van der Waals surface area (Å²) in [6, 6.07) is 4.79. The fraction of sp³-hybridized carbons (Fsp3) is 0.167. The van der Waals surface area contributed by atoms with Crippen LogP contribution in [0.1, 0.15) is 11.1 Å².